The fourth-order valence-electron chi connectivity index (χ4n) is 2.02. The molecule has 0 saturated heterocycles. The van der Waals surface area contributed by atoms with Gasteiger partial charge in [0.05, 0.1) is 6.61 Å². The molecule has 21 heavy (non-hydrogen) atoms. The van der Waals surface area contributed by atoms with Crippen LogP contribution in [0.4, 0.5) is 0 Å². The fourth-order valence-corrected chi connectivity index (χ4v) is 3.29. The van der Waals surface area contributed by atoms with Crippen molar-refractivity contribution in [2.45, 2.75) is 25.1 Å². The van der Waals surface area contributed by atoms with Gasteiger partial charge in [-0.25, -0.2) is 13.1 Å². The maximum atomic E-state index is 12.1. The SMILES string of the molecule is Cc1cc(CS(=O)(=O)N[C@H](CO)Cc2ccccc2)no1. The van der Waals surface area contributed by atoms with Gasteiger partial charge in [-0.05, 0) is 18.9 Å². The second-order valence-electron chi connectivity index (χ2n) is 4.88. The van der Waals surface area contributed by atoms with Crippen LogP contribution < -0.4 is 4.72 Å². The standard InChI is InChI=1S/C14H18N2O4S/c1-11-7-14(15-20-11)10-21(18,19)16-13(9-17)8-12-5-3-2-4-6-12/h2-7,13,16-17H,8-10H2,1H3/t13-/m0/s1. The van der Waals surface area contributed by atoms with Crippen molar-refractivity contribution in [3.05, 3.63) is 53.4 Å². The minimum absolute atomic E-state index is 0.268. The van der Waals surface area contributed by atoms with Gasteiger partial charge >= 0.3 is 0 Å². The molecule has 0 aliphatic heterocycles. The minimum Gasteiger partial charge on any atom is -0.395 e. The van der Waals surface area contributed by atoms with E-state index in [0.29, 0.717) is 17.9 Å². The van der Waals surface area contributed by atoms with Gasteiger partial charge in [-0.3, -0.25) is 0 Å². The number of hydrogen-bond donors (Lipinski definition) is 2. The van der Waals surface area contributed by atoms with E-state index in [-0.39, 0.29) is 12.4 Å². The maximum absolute atomic E-state index is 12.1. The molecule has 114 valence electrons. The lowest BCUT2D eigenvalue weighted by Gasteiger charge is -2.16. The summed E-state index contributed by atoms with van der Waals surface area (Å²) in [6, 6.07) is 10.4. The fraction of sp³-hybridized carbons (Fsp3) is 0.357. The van der Waals surface area contributed by atoms with Gasteiger partial charge in [-0.15, -0.1) is 0 Å². The van der Waals surface area contributed by atoms with Crippen LogP contribution in [0.1, 0.15) is 17.0 Å². The van der Waals surface area contributed by atoms with Gasteiger partial charge in [-0.1, -0.05) is 35.5 Å². The van der Waals surface area contributed by atoms with E-state index in [1.54, 1.807) is 13.0 Å². The molecule has 7 heteroatoms. The lowest BCUT2D eigenvalue weighted by atomic mass is 10.1. The molecule has 0 spiro atoms. The van der Waals surface area contributed by atoms with Crippen LogP contribution in [-0.4, -0.2) is 31.3 Å². The van der Waals surface area contributed by atoms with Crippen molar-refractivity contribution < 1.29 is 18.0 Å². The van der Waals surface area contributed by atoms with Crippen LogP contribution in [0.25, 0.3) is 0 Å². The molecule has 2 N–H and O–H groups in total. The van der Waals surface area contributed by atoms with Gasteiger partial charge in [0.2, 0.25) is 10.0 Å². The zero-order valence-corrected chi connectivity index (χ0v) is 12.5. The van der Waals surface area contributed by atoms with E-state index < -0.39 is 16.1 Å². The molecule has 1 heterocycles. The summed E-state index contributed by atoms with van der Waals surface area (Å²) in [5.41, 5.74) is 1.30. The molecular formula is C14H18N2O4S. The first-order valence-electron chi connectivity index (χ1n) is 6.55. The van der Waals surface area contributed by atoms with Crippen molar-refractivity contribution in [3.63, 3.8) is 0 Å². The first kappa shape index (κ1) is 15.7. The van der Waals surface area contributed by atoms with Gasteiger partial charge in [0.25, 0.3) is 0 Å². The summed E-state index contributed by atoms with van der Waals surface area (Å²) in [6.07, 6.45) is 0.425. The van der Waals surface area contributed by atoms with Gasteiger partial charge in [0, 0.05) is 12.1 Å². The van der Waals surface area contributed by atoms with E-state index in [2.05, 4.69) is 9.88 Å². The molecule has 0 amide bonds. The summed E-state index contributed by atoms with van der Waals surface area (Å²) < 4.78 is 31.5. The van der Waals surface area contributed by atoms with E-state index in [4.69, 9.17) is 4.52 Å². The van der Waals surface area contributed by atoms with Crippen molar-refractivity contribution in [2.24, 2.45) is 0 Å². The van der Waals surface area contributed by atoms with Crippen LogP contribution in [0.15, 0.2) is 40.9 Å². The molecular weight excluding hydrogens is 292 g/mol. The highest BCUT2D eigenvalue weighted by Gasteiger charge is 2.20. The van der Waals surface area contributed by atoms with Crippen molar-refractivity contribution in [1.82, 2.24) is 9.88 Å². The normalized spacial score (nSPS) is 13.2. The number of nitrogens with one attached hydrogen (secondary N) is 1. The zero-order chi connectivity index (χ0) is 15.3. The molecule has 1 aromatic carbocycles. The molecule has 0 fully saturated rings. The van der Waals surface area contributed by atoms with Crippen molar-refractivity contribution in [3.8, 4) is 0 Å². The average Bonchev–Trinajstić information content (AvgIpc) is 2.83. The Labute approximate surface area is 123 Å². The van der Waals surface area contributed by atoms with Gasteiger partial charge in [-0.2, -0.15) is 0 Å². The number of rotatable bonds is 7. The Morgan fingerprint density at radius 2 is 2.05 bits per heavy atom. The molecule has 1 aromatic heterocycles. The molecule has 6 nitrogen and oxygen atoms in total. The second kappa shape index (κ2) is 6.84. The number of aromatic nitrogens is 1. The summed E-state index contributed by atoms with van der Waals surface area (Å²) in [5, 5.41) is 13.0. The molecule has 1 atom stereocenters. The molecule has 0 unspecified atom stereocenters. The molecule has 2 aromatic rings. The summed E-state index contributed by atoms with van der Waals surface area (Å²) in [4.78, 5) is 0. The summed E-state index contributed by atoms with van der Waals surface area (Å²) in [7, 11) is -3.59. The highest BCUT2D eigenvalue weighted by molar-refractivity contribution is 7.88. The number of nitrogens with zero attached hydrogens (tertiary/aromatic N) is 1. The number of aliphatic hydroxyl groups is 1. The van der Waals surface area contributed by atoms with Crippen LogP contribution >= 0.6 is 0 Å². The van der Waals surface area contributed by atoms with Gasteiger partial charge in [0.1, 0.15) is 17.2 Å². The third-order valence-corrected chi connectivity index (χ3v) is 4.27. The number of sulfonamides is 1. The van der Waals surface area contributed by atoms with Crippen LogP contribution in [-0.2, 0) is 22.2 Å². The number of benzene rings is 1. The van der Waals surface area contributed by atoms with Crippen LogP contribution in [0.3, 0.4) is 0 Å². The Balaban J connectivity index is 2.00. The largest absolute Gasteiger partial charge is 0.395 e. The highest BCUT2D eigenvalue weighted by atomic mass is 32.2. The molecule has 0 saturated carbocycles. The van der Waals surface area contributed by atoms with E-state index in [0.717, 1.165) is 5.56 Å². The Hall–Kier alpha value is -1.70. The second-order valence-corrected chi connectivity index (χ2v) is 6.63. The van der Waals surface area contributed by atoms with Crippen LogP contribution in [0, 0.1) is 6.92 Å². The molecule has 0 aliphatic carbocycles. The Kier molecular flexibility index (Phi) is 5.11. The predicted molar refractivity (Wildman–Crippen MR) is 78.0 cm³/mol. The third-order valence-electron chi connectivity index (χ3n) is 2.91. The lowest BCUT2D eigenvalue weighted by Crippen LogP contribution is -2.39. The third kappa shape index (κ3) is 4.96. The summed E-state index contributed by atoms with van der Waals surface area (Å²) in [6.45, 7) is 1.43. The monoisotopic (exact) mass is 310 g/mol. The zero-order valence-electron chi connectivity index (χ0n) is 11.7. The molecule has 0 radical (unpaired) electrons. The van der Waals surface area contributed by atoms with Crippen molar-refractivity contribution >= 4 is 10.0 Å². The first-order valence-corrected chi connectivity index (χ1v) is 8.21. The summed E-state index contributed by atoms with van der Waals surface area (Å²) in [5.74, 6) is 0.290. The Morgan fingerprint density at radius 3 is 2.62 bits per heavy atom. The van der Waals surface area contributed by atoms with E-state index in [1.807, 2.05) is 30.3 Å². The Bertz CT molecular complexity index is 667. The molecule has 2 rings (SSSR count). The van der Waals surface area contributed by atoms with Gasteiger partial charge in [0.15, 0.2) is 0 Å². The number of aryl methyl sites for hydroxylation is 1. The van der Waals surface area contributed by atoms with Gasteiger partial charge < -0.3 is 9.63 Å². The minimum atomic E-state index is -3.59. The van der Waals surface area contributed by atoms with Crippen LogP contribution in [0.2, 0.25) is 0 Å². The maximum Gasteiger partial charge on any atom is 0.217 e. The number of hydrogen-bond acceptors (Lipinski definition) is 5. The first-order chi connectivity index (χ1) is 9.98. The van der Waals surface area contributed by atoms with E-state index >= 15 is 0 Å². The predicted octanol–water partition coefficient (Wildman–Crippen LogP) is 1.01. The van der Waals surface area contributed by atoms with Crippen molar-refractivity contribution in [2.75, 3.05) is 6.61 Å². The topological polar surface area (TPSA) is 92.4 Å². The Morgan fingerprint density at radius 1 is 1.33 bits per heavy atom. The quantitative estimate of drug-likeness (QED) is 0.796. The van der Waals surface area contributed by atoms with E-state index in [1.165, 1.54) is 0 Å². The van der Waals surface area contributed by atoms with Crippen molar-refractivity contribution in [1.29, 1.82) is 0 Å². The number of aliphatic hydroxyl groups excluding tert-OH is 1. The average molecular weight is 310 g/mol. The highest BCUT2D eigenvalue weighted by Crippen LogP contribution is 2.08. The molecule has 0 bridgehead atoms. The summed E-state index contributed by atoms with van der Waals surface area (Å²) >= 11 is 0. The van der Waals surface area contributed by atoms with E-state index in [9.17, 15) is 13.5 Å². The smallest absolute Gasteiger partial charge is 0.217 e. The molecule has 0 aliphatic rings. The van der Waals surface area contributed by atoms with Crippen LogP contribution in [0.5, 0.6) is 0 Å². The lowest BCUT2D eigenvalue weighted by molar-refractivity contribution is 0.256.